The van der Waals surface area contributed by atoms with E-state index in [4.69, 9.17) is 0 Å². The summed E-state index contributed by atoms with van der Waals surface area (Å²) < 4.78 is 2.27. The van der Waals surface area contributed by atoms with E-state index in [1.807, 2.05) is 7.05 Å². The summed E-state index contributed by atoms with van der Waals surface area (Å²) in [7, 11) is 1.86. The molecular formula is C20H28N6. The summed E-state index contributed by atoms with van der Waals surface area (Å²) in [5.41, 5.74) is 1.58. The summed E-state index contributed by atoms with van der Waals surface area (Å²) in [4.78, 5) is 6.88. The van der Waals surface area contributed by atoms with Crippen molar-refractivity contribution in [1.82, 2.24) is 25.0 Å². The Hall–Kier alpha value is -2.37. The molecule has 0 spiro atoms. The number of fused-ring (bicyclic) bond motifs is 1. The predicted molar refractivity (Wildman–Crippen MR) is 103 cm³/mol. The maximum Gasteiger partial charge on any atom is 0.194 e. The van der Waals surface area contributed by atoms with Gasteiger partial charge in [0, 0.05) is 38.5 Å². The Balaban J connectivity index is 1.42. The van der Waals surface area contributed by atoms with Crippen LogP contribution in [0.1, 0.15) is 43.4 Å². The zero-order chi connectivity index (χ0) is 18.0. The van der Waals surface area contributed by atoms with Crippen molar-refractivity contribution in [1.29, 1.82) is 0 Å². The molecule has 0 amide bonds. The highest BCUT2D eigenvalue weighted by atomic mass is 15.3. The standard InChI is InChI=1S/C20H28N6/c1-20(16-8-4-3-5-9-16)11-13-25(15-20)19(21-2)22-14-18-24-23-17-10-6-7-12-26(17)18/h3-5,8-9H,6-7,10-15H2,1-2H3,(H,21,22). The van der Waals surface area contributed by atoms with Crippen molar-refractivity contribution >= 4 is 5.96 Å². The molecule has 138 valence electrons. The quantitative estimate of drug-likeness (QED) is 0.680. The molecule has 0 saturated carbocycles. The van der Waals surface area contributed by atoms with Gasteiger partial charge >= 0.3 is 0 Å². The molecular weight excluding hydrogens is 324 g/mol. The number of nitrogens with one attached hydrogen (secondary N) is 1. The summed E-state index contributed by atoms with van der Waals surface area (Å²) >= 11 is 0. The first-order valence-electron chi connectivity index (χ1n) is 9.62. The smallest absolute Gasteiger partial charge is 0.194 e. The van der Waals surface area contributed by atoms with E-state index >= 15 is 0 Å². The van der Waals surface area contributed by atoms with Gasteiger partial charge in [0.2, 0.25) is 0 Å². The Morgan fingerprint density at radius 2 is 2.04 bits per heavy atom. The first-order valence-corrected chi connectivity index (χ1v) is 9.62. The van der Waals surface area contributed by atoms with Crippen molar-refractivity contribution < 1.29 is 0 Å². The van der Waals surface area contributed by atoms with E-state index in [1.54, 1.807) is 0 Å². The van der Waals surface area contributed by atoms with Gasteiger partial charge in [0.15, 0.2) is 11.8 Å². The second-order valence-electron chi connectivity index (χ2n) is 7.64. The van der Waals surface area contributed by atoms with Gasteiger partial charge in [-0.1, -0.05) is 37.3 Å². The molecule has 1 aromatic carbocycles. The Labute approximate surface area is 155 Å². The minimum atomic E-state index is 0.174. The van der Waals surface area contributed by atoms with Crippen LogP contribution in [0.15, 0.2) is 35.3 Å². The fraction of sp³-hybridized carbons (Fsp3) is 0.550. The molecule has 6 nitrogen and oxygen atoms in total. The lowest BCUT2D eigenvalue weighted by Crippen LogP contribution is -2.41. The first-order chi connectivity index (χ1) is 12.7. The van der Waals surface area contributed by atoms with E-state index in [-0.39, 0.29) is 5.41 Å². The number of aryl methyl sites for hydroxylation is 1. The van der Waals surface area contributed by atoms with Gasteiger partial charge in [-0.15, -0.1) is 10.2 Å². The normalized spacial score (nSPS) is 23.2. The van der Waals surface area contributed by atoms with Crippen LogP contribution in [-0.2, 0) is 24.9 Å². The van der Waals surface area contributed by atoms with Crippen molar-refractivity contribution in [3.05, 3.63) is 47.5 Å². The first kappa shape index (κ1) is 17.1. The topological polar surface area (TPSA) is 58.3 Å². The molecule has 1 fully saturated rings. The zero-order valence-corrected chi connectivity index (χ0v) is 15.8. The van der Waals surface area contributed by atoms with Gasteiger partial charge in [-0.25, -0.2) is 0 Å². The van der Waals surface area contributed by atoms with Crippen molar-refractivity contribution in [2.75, 3.05) is 20.1 Å². The molecule has 1 unspecified atom stereocenters. The highest BCUT2D eigenvalue weighted by Gasteiger charge is 2.36. The number of guanidine groups is 1. The van der Waals surface area contributed by atoms with Crippen LogP contribution in [0.2, 0.25) is 0 Å². The van der Waals surface area contributed by atoms with Crippen LogP contribution < -0.4 is 5.32 Å². The number of benzene rings is 1. The lowest BCUT2D eigenvalue weighted by atomic mass is 9.82. The number of hydrogen-bond donors (Lipinski definition) is 1. The Kier molecular flexibility index (Phi) is 4.66. The van der Waals surface area contributed by atoms with Gasteiger partial charge in [0.05, 0.1) is 6.54 Å². The van der Waals surface area contributed by atoms with E-state index < -0.39 is 0 Å². The molecule has 2 aromatic rings. The molecule has 0 aliphatic carbocycles. The summed E-state index contributed by atoms with van der Waals surface area (Å²) in [5.74, 6) is 3.10. The molecule has 1 N–H and O–H groups in total. The molecule has 2 aliphatic heterocycles. The Morgan fingerprint density at radius 3 is 2.85 bits per heavy atom. The molecule has 2 aliphatic rings. The Bertz CT molecular complexity index is 781. The van der Waals surface area contributed by atoms with Crippen molar-refractivity contribution in [2.24, 2.45) is 4.99 Å². The van der Waals surface area contributed by atoms with Crippen molar-refractivity contribution in [2.45, 2.75) is 51.1 Å². The molecule has 0 radical (unpaired) electrons. The number of hydrogen-bond acceptors (Lipinski definition) is 3. The molecule has 6 heteroatoms. The maximum atomic E-state index is 4.51. The van der Waals surface area contributed by atoms with Gasteiger partial charge in [-0.05, 0) is 24.8 Å². The molecule has 4 rings (SSSR count). The van der Waals surface area contributed by atoms with Crippen LogP contribution >= 0.6 is 0 Å². The SMILES string of the molecule is CN=C(NCc1nnc2n1CCCC2)N1CCC(C)(c2ccccc2)C1. The van der Waals surface area contributed by atoms with Gasteiger partial charge < -0.3 is 14.8 Å². The van der Waals surface area contributed by atoms with Crippen LogP contribution in [0, 0.1) is 0 Å². The molecule has 3 heterocycles. The molecule has 1 atom stereocenters. The third-order valence-electron chi connectivity index (χ3n) is 5.80. The monoisotopic (exact) mass is 352 g/mol. The average Bonchev–Trinajstić information content (AvgIpc) is 3.28. The predicted octanol–water partition coefficient (Wildman–Crippen LogP) is 2.35. The van der Waals surface area contributed by atoms with Crippen LogP contribution in [0.3, 0.4) is 0 Å². The van der Waals surface area contributed by atoms with E-state index in [1.165, 1.54) is 18.4 Å². The van der Waals surface area contributed by atoms with Gasteiger partial charge in [0.1, 0.15) is 5.82 Å². The highest BCUT2D eigenvalue weighted by Crippen LogP contribution is 2.33. The molecule has 26 heavy (non-hydrogen) atoms. The van der Waals surface area contributed by atoms with E-state index in [9.17, 15) is 0 Å². The van der Waals surface area contributed by atoms with Crippen molar-refractivity contribution in [3.63, 3.8) is 0 Å². The molecule has 1 saturated heterocycles. The third kappa shape index (κ3) is 3.20. The van der Waals surface area contributed by atoms with E-state index in [2.05, 4.69) is 67.2 Å². The van der Waals surface area contributed by atoms with E-state index in [0.29, 0.717) is 6.54 Å². The minimum Gasteiger partial charge on any atom is -0.349 e. The number of likely N-dealkylation sites (tertiary alicyclic amines) is 1. The van der Waals surface area contributed by atoms with E-state index in [0.717, 1.165) is 50.1 Å². The number of aliphatic imine (C=N–C) groups is 1. The fourth-order valence-electron chi connectivity index (χ4n) is 4.21. The number of rotatable bonds is 3. The summed E-state index contributed by atoms with van der Waals surface area (Å²) in [6.07, 6.45) is 4.62. The Morgan fingerprint density at radius 1 is 1.19 bits per heavy atom. The highest BCUT2D eigenvalue weighted by molar-refractivity contribution is 5.80. The second kappa shape index (κ2) is 7.09. The van der Waals surface area contributed by atoms with Gasteiger partial charge in [0.25, 0.3) is 0 Å². The number of aromatic nitrogens is 3. The van der Waals surface area contributed by atoms with Crippen LogP contribution in [0.5, 0.6) is 0 Å². The third-order valence-corrected chi connectivity index (χ3v) is 5.80. The fourth-order valence-corrected chi connectivity index (χ4v) is 4.21. The van der Waals surface area contributed by atoms with Crippen LogP contribution in [0.25, 0.3) is 0 Å². The molecule has 0 bridgehead atoms. The lowest BCUT2D eigenvalue weighted by molar-refractivity contribution is 0.436. The van der Waals surface area contributed by atoms with Gasteiger partial charge in [-0.2, -0.15) is 0 Å². The van der Waals surface area contributed by atoms with Crippen LogP contribution in [-0.4, -0.2) is 45.8 Å². The average molecular weight is 352 g/mol. The summed E-state index contributed by atoms with van der Waals surface area (Å²) in [6, 6.07) is 10.8. The maximum absolute atomic E-state index is 4.51. The second-order valence-corrected chi connectivity index (χ2v) is 7.64. The lowest BCUT2D eigenvalue weighted by Gasteiger charge is -2.27. The van der Waals surface area contributed by atoms with Crippen molar-refractivity contribution in [3.8, 4) is 0 Å². The van der Waals surface area contributed by atoms with Crippen LogP contribution in [0.4, 0.5) is 0 Å². The summed E-state index contributed by atoms with van der Waals surface area (Å²) in [5, 5.41) is 12.2. The number of nitrogens with zero attached hydrogens (tertiary/aromatic N) is 5. The van der Waals surface area contributed by atoms with Gasteiger partial charge in [-0.3, -0.25) is 4.99 Å². The zero-order valence-electron chi connectivity index (χ0n) is 15.8. The molecule has 1 aromatic heterocycles. The largest absolute Gasteiger partial charge is 0.349 e. The summed E-state index contributed by atoms with van der Waals surface area (Å²) in [6.45, 7) is 6.06. The minimum absolute atomic E-state index is 0.174.